The summed E-state index contributed by atoms with van der Waals surface area (Å²) in [4.78, 5) is 12.0. The van der Waals surface area contributed by atoms with Gasteiger partial charge in [0.2, 0.25) is 5.91 Å². The van der Waals surface area contributed by atoms with Crippen molar-refractivity contribution in [2.75, 3.05) is 6.54 Å². The van der Waals surface area contributed by atoms with Crippen LogP contribution in [0.1, 0.15) is 51.4 Å². The maximum atomic E-state index is 12.6. The Morgan fingerprint density at radius 3 is 2.10 bits per heavy atom. The topological polar surface area (TPSA) is 49.3 Å². The predicted octanol–water partition coefficient (Wildman–Crippen LogP) is 3.02. The average molecular weight is 307 g/mol. The molecule has 6 heteroatoms. The van der Waals surface area contributed by atoms with Crippen molar-refractivity contribution in [3.8, 4) is 0 Å². The number of halogens is 3. The molecule has 2 N–H and O–H groups in total. The SMILES string of the molecule is O=C(NCC1CCC(O)CC1)C1CCC(C(F)(F)F)CC1. The van der Waals surface area contributed by atoms with E-state index in [9.17, 15) is 23.1 Å². The molecule has 0 unspecified atom stereocenters. The van der Waals surface area contributed by atoms with Crippen molar-refractivity contribution >= 4 is 5.91 Å². The summed E-state index contributed by atoms with van der Waals surface area (Å²) in [5.74, 6) is -1.20. The number of aliphatic hydroxyl groups excluding tert-OH is 1. The van der Waals surface area contributed by atoms with E-state index in [0.717, 1.165) is 25.7 Å². The Balaban J connectivity index is 1.68. The Kier molecular flexibility index (Phi) is 5.52. The molecule has 2 aliphatic carbocycles. The number of hydrogen-bond acceptors (Lipinski definition) is 2. The first-order valence-electron chi connectivity index (χ1n) is 7.88. The van der Waals surface area contributed by atoms with Crippen molar-refractivity contribution in [3.63, 3.8) is 0 Å². The van der Waals surface area contributed by atoms with Crippen LogP contribution in [0.4, 0.5) is 13.2 Å². The Hall–Kier alpha value is -0.780. The van der Waals surface area contributed by atoms with Crippen LogP contribution in [0.15, 0.2) is 0 Å². The number of rotatable bonds is 3. The Morgan fingerprint density at radius 1 is 1.00 bits per heavy atom. The van der Waals surface area contributed by atoms with Gasteiger partial charge in [0, 0.05) is 12.5 Å². The van der Waals surface area contributed by atoms with Gasteiger partial charge in [-0.2, -0.15) is 13.2 Å². The van der Waals surface area contributed by atoms with E-state index in [2.05, 4.69) is 5.32 Å². The molecule has 122 valence electrons. The Bertz CT molecular complexity index is 343. The van der Waals surface area contributed by atoms with E-state index in [1.165, 1.54) is 0 Å². The third-order valence-electron chi connectivity index (χ3n) is 4.94. The summed E-state index contributed by atoms with van der Waals surface area (Å²) in [6.45, 7) is 0.588. The molecule has 3 nitrogen and oxygen atoms in total. The van der Waals surface area contributed by atoms with Crippen LogP contribution >= 0.6 is 0 Å². The van der Waals surface area contributed by atoms with Gasteiger partial charge in [0.05, 0.1) is 12.0 Å². The lowest BCUT2D eigenvalue weighted by molar-refractivity contribution is -0.184. The van der Waals surface area contributed by atoms with E-state index in [0.29, 0.717) is 25.3 Å². The summed E-state index contributed by atoms with van der Waals surface area (Å²) in [7, 11) is 0. The lowest BCUT2D eigenvalue weighted by Crippen LogP contribution is -2.38. The quantitative estimate of drug-likeness (QED) is 0.842. The van der Waals surface area contributed by atoms with Crippen LogP contribution in [0.2, 0.25) is 0 Å². The minimum absolute atomic E-state index is 0.0667. The molecule has 2 rings (SSSR count). The van der Waals surface area contributed by atoms with Gasteiger partial charge >= 0.3 is 6.18 Å². The largest absolute Gasteiger partial charge is 0.393 e. The summed E-state index contributed by atoms with van der Waals surface area (Å²) in [6, 6.07) is 0. The van der Waals surface area contributed by atoms with Crippen molar-refractivity contribution in [3.05, 3.63) is 0 Å². The molecule has 21 heavy (non-hydrogen) atoms. The van der Waals surface area contributed by atoms with Gasteiger partial charge in [0.1, 0.15) is 0 Å². The van der Waals surface area contributed by atoms with Gasteiger partial charge in [-0.3, -0.25) is 4.79 Å². The molecule has 0 radical (unpaired) electrons. The summed E-state index contributed by atoms with van der Waals surface area (Å²) in [5.41, 5.74) is 0. The monoisotopic (exact) mass is 307 g/mol. The zero-order valence-corrected chi connectivity index (χ0v) is 12.2. The first-order chi connectivity index (χ1) is 9.86. The zero-order valence-electron chi connectivity index (χ0n) is 12.2. The van der Waals surface area contributed by atoms with Gasteiger partial charge in [-0.05, 0) is 57.3 Å². The second kappa shape index (κ2) is 6.99. The van der Waals surface area contributed by atoms with Crippen molar-refractivity contribution in [2.45, 2.75) is 63.6 Å². The highest BCUT2D eigenvalue weighted by Gasteiger charge is 2.42. The third-order valence-corrected chi connectivity index (χ3v) is 4.94. The molecule has 0 saturated heterocycles. The van der Waals surface area contributed by atoms with E-state index < -0.39 is 12.1 Å². The molecule has 2 fully saturated rings. The van der Waals surface area contributed by atoms with Gasteiger partial charge in [0.15, 0.2) is 0 Å². The fourth-order valence-corrected chi connectivity index (χ4v) is 3.42. The normalized spacial score (nSPS) is 34.5. The molecule has 0 aliphatic heterocycles. The van der Waals surface area contributed by atoms with Gasteiger partial charge in [-0.15, -0.1) is 0 Å². The minimum atomic E-state index is -4.12. The molecule has 1 amide bonds. The number of carbonyl (C=O) groups is 1. The van der Waals surface area contributed by atoms with Gasteiger partial charge < -0.3 is 10.4 Å². The van der Waals surface area contributed by atoms with E-state index in [-0.39, 0.29) is 30.8 Å². The van der Waals surface area contributed by atoms with Crippen LogP contribution in [-0.2, 0) is 4.79 Å². The van der Waals surface area contributed by atoms with Crippen molar-refractivity contribution in [1.82, 2.24) is 5.32 Å². The summed E-state index contributed by atoms with van der Waals surface area (Å²) >= 11 is 0. The molecule has 0 spiro atoms. The highest BCUT2D eigenvalue weighted by Crippen LogP contribution is 2.39. The molecule has 0 heterocycles. The fraction of sp³-hybridized carbons (Fsp3) is 0.933. The van der Waals surface area contributed by atoms with Crippen molar-refractivity contribution < 1.29 is 23.1 Å². The lowest BCUT2D eigenvalue weighted by atomic mass is 9.81. The van der Waals surface area contributed by atoms with E-state index >= 15 is 0 Å². The van der Waals surface area contributed by atoms with Crippen molar-refractivity contribution in [1.29, 1.82) is 0 Å². The first kappa shape index (κ1) is 16.6. The van der Waals surface area contributed by atoms with Crippen LogP contribution < -0.4 is 5.32 Å². The molecule has 0 bridgehead atoms. The predicted molar refractivity (Wildman–Crippen MR) is 72.5 cm³/mol. The van der Waals surface area contributed by atoms with Gasteiger partial charge in [-0.25, -0.2) is 0 Å². The average Bonchev–Trinajstić information content (AvgIpc) is 2.45. The molecule has 2 saturated carbocycles. The zero-order chi connectivity index (χ0) is 15.5. The van der Waals surface area contributed by atoms with E-state index in [1.807, 2.05) is 0 Å². The van der Waals surface area contributed by atoms with Crippen LogP contribution in [0, 0.1) is 17.8 Å². The number of hydrogen-bond donors (Lipinski definition) is 2. The molecule has 0 aromatic carbocycles. The second-order valence-electron chi connectivity index (χ2n) is 6.51. The number of carbonyl (C=O) groups excluding carboxylic acids is 1. The lowest BCUT2D eigenvalue weighted by Gasteiger charge is -2.30. The van der Waals surface area contributed by atoms with Crippen LogP contribution in [-0.4, -0.2) is 29.8 Å². The Labute approximate surface area is 123 Å². The number of amides is 1. The first-order valence-corrected chi connectivity index (χ1v) is 7.88. The maximum absolute atomic E-state index is 12.6. The molecule has 0 aromatic rings. The van der Waals surface area contributed by atoms with Crippen LogP contribution in [0.5, 0.6) is 0 Å². The molecule has 0 atom stereocenters. The Morgan fingerprint density at radius 2 is 1.57 bits per heavy atom. The maximum Gasteiger partial charge on any atom is 0.391 e. The standard InChI is InChI=1S/C15H24F3NO2/c16-15(17,18)12-5-3-11(4-6-12)14(21)19-9-10-1-7-13(20)8-2-10/h10-13,20H,1-9H2,(H,19,21). The van der Waals surface area contributed by atoms with E-state index in [4.69, 9.17) is 0 Å². The van der Waals surface area contributed by atoms with E-state index in [1.54, 1.807) is 0 Å². The molecular formula is C15H24F3NO2. The highest BCUT2D eigenvalue weighted by molar-refractivity contribution is 5.78. The number of nitrogens with one attached hydrogen (secondary N) is 1. The molecular weight excluding hydrogens is 283 g/mol. The summed E-state index contributed by atoms with van der Waals surface area (Å²) in [6.07, 6.45) is -0.175. The summed E-state index contributed by atoms with van der Waals surface area (Å²) in [5, 5.41) is 12.3. The van der Waals surface area contributed by atoms with Crippen LogP contribution in [0.3, 0.4) is 0 Å². The van der Waals surface area contributed by atoms with Crippen LogP contribution in [0.25, 0.3) is 0 Å². The summed E-state index contributed by atoms with van der Waals surface area (Å²) < 4.78 is 37.7. The second-order valence-corrected chi connectivity index (χ2v) is 6.51. The molecule has 0 aromatic heterocycles. The third kappa shape index (κ3) is 4.87. The minimum Gasteiger partial charge on any atom is -0.393 e. The number of alkyl halides is 3. The smallest absolute Gasteiger partial charge is 0.391 e. The molecule has 2 aliphatic rings. The highest BCUT2D eigenvalue weighted by atomic mass is 19.4. The number of aliphatic hydroxyl groups is 1. The van der Waals surface area contributed by atoms with Gasteiger partial charge in [0.25, 0.3) is 0 Å². The van der Waals surface area contributed by atoms with Gasteiger partial charge in [-0.1, -0.05) is 0 Å². The van der Waals surface area contributed by atoms with Crippen molar-refractivity contribution in [2.24, 2.45) is 17.8 Å². The fourth-order valence-electron chi connectivity index (χ4n) is 3.42.